The molecule has 0 atom stereocenters. The van der Waals surface area contributed by atoms with Gasteiger partial charge >= 0.3 is 0 Å². The molecular weight excluding hydrogens is 278 g/mol. The molecule has 0 radical (unpaired) electrons. The zero-order chi connectivity index (χ0) is 13.7. The first-order chi connectivity index (χ1) is 9.19. The highest BCUT2D eigenvalue weighted by Gasteiger charge is 2.09. The second kappa shape index (κ2) is 6.48. The molecule has 0 aliphatic carbocycles. The zero-order valence-electron chi connectivity index (χ0n) is 10.4. The Balaban J connectivity index is 1.92. The lowest BCUT2D eigenvalue weighted by molar-refractivity contribution is 0.0947. The summed E-state index contributed by atoms with van der Waals surface area (Å²) in [4.78, 5) is 18.0. The number of rotatable bonds is 3. The first kappa shape index (κ1) is 13.7. The molecule has 1 amide bonds. The Morgan fingerprint density at radius 1 is 1.53 bits per heavy atom. The third-order valence-corrected chi connectivity index (χ3v) is 4.02. The van der Waals surface area contributed by atoms with Crippen LogP contribution in [-0.2, 0) is 6.54 Å². The molecule has 6 heteroatoms. The van der Waals surface area contributed by atoms with Crippen molar-refractivity contribution in [3.63, 3.8) is 0 Å². The number of carbonyl (C=O) groups excluding carboxylic acids is 1. The summed E-state index contributed by atoms with van der Waals surface area (Å²) in [6.45, 7) is 2.72. The summed E-state index contributed by atoms with van der Waals surface area (Å²) in [5, 5.41) is 5.49. The van der Waals surface area contributed by atoms with E-state index in [0.717, 1.165) is 14.8 Å². The van der Waals surface area contributed by atoms with Gasteiger partial charge in [-0.3, -0.25) is 4.79 Å². The van der Waals surface area contributed by atoms with Crippen LogP contribution in [0.1, 0.15) is 25.3 Å². The van der Waals surface area contributed by atoms with E-state index in [4.69, 9.17) is 5.73 Å². The molecule has 2 heterocycles. The number of nitrogens with two attached hydrogens (primary N) is 1. The minimum atomic E-state index is -0.146. The number of aromatic nitrogens is 1. The van der Waals surface area contributed by atoms with Crippen LogP contribution in [0.4, 0.5) is 0 Å². The molecule has 2 aromatic rings. The molecule has 19 heavy (non-hydrogen) atoms. The number of thiophene rings is 1. The van der Waals surface area contributed by atoms with Crippen molar-refractivity contribution in [2.75, 3.05) is 6.54 Å². The lowest BCUT2D eigenvalue weighted by atomic mass is 10.4. The van der Waals surface area contributed by atoms with E-state index in [-0.39, 0.29) is 5.91 Å². The maximum Gasteiger partial charge on any atom is 0.271 e. The second-order valence-electron chi connectivity index (χ2n) is 3.71. The Morgan fingerprint density at radius 2 is 2.37 bits per heavy atom. The van der Waals surface area contributed by atoms with Gasteiger partial charge in [0.05, 0.1) is 23.0 Å². The Hall–Kier alpha value is -1.68. The average molecular weight is 291 g/mol. The van der Waals surface area contributed by atoms with E-state index in [2.05, 4.69) is 22.1 Å². The van der Waals surface area contributed by atoms with E-state index >= 15 is 0 Å². The van der Waals surface area contributed by atoms with Crippen molar-refractivity contribution in [2.45, 2.75) is 13.5 Å². The molecule has 98 valence electrons. The maximum atomic E-state index is 11.8. The van der Waals surface area contributed by atoms with E-state index in [9.17, 15) is 4.79 Å². The predicted octanol–water partition coefficient (Wildman–Crippen LogP) is 1.75. The predicted molar refractivity (Wildman–Crippen MR) is 78.3 cm³/mol. The SMILES string of the molecule is Cc1nc(C(=O)NCc2ccc(C#CCN)s2)cs1. The number of thiazole rings is 1. The highest BCUT2D eigenvalue weighted by atomic mass is 32.1. The molecule has 0 saturated heterocycles. The molecule has 0 saturated carbocycles. The lowest BCUT2D eigenvalue weighted by Gasteiger charge is -1.99. The van der Waals surface area contributed by atoms with Crippen LogP contribution < -0.4 is 11.1 Å². The lowest BCUT2D eigenvalue weighted by Crippen LogP contribution is -2.22. The Morgan fingerprint density at radius 3 is 3.05 bits per heavy atom. The van der Waals surface area contributed by atoms with Crippen LogP contribution in [-0.4, -0.2) is 17.4 Å². The molecule has 0 aromatic carbocycles. The smallest absolute Gasteiger partial charge is 0.271 e. The topological polar surface area (TPSA) is 68.0 Å². The molecule has 0 aliphatic rings. The van der Waals surface area contributed by atoms with Crippen LogP contribution in [0, 0.1) is 18.8 Å². The van der Waals surface area contributed by atoms with Crippen LogP contribution in [0.15, 0.2) is 17.5 Å². The summed E-state index contributed by atoms with van der Waals surface area (Å²) in [5.74, 6) is 5.63. The van der Waals surface area contributed by atoms with E-state index in [1.807, 2.05) is 19.1 Å². The fourth-order valence-electron chi connectivity index (χ4n) is 1.40. The van der Waals surface area contributed by atoms with Crippen molar-refractivity contribution in [3.05, 3.63) is 38.0 Å². The molecule has 0 aliphatic heterocycles. The molecule has 2 rings (SSSR count). The van der Waals surface area contributed by atoms with Gasteiger partial charge in [0.25, 0.3) is 5.91 Å². The number of hydrogen-bond donors (Lipinski definition) is 2. The zero-order valence-corrected chi connectivity index (χ0v) is 12.0. The summed E-state index contributed by atoms with van der Waals surface area (Å²) in [7, 11) is 0. The monoisotopic (exact) mass is 291 g/mol. The maximum absolute atomic E-state index is 11.8. The highest BCUT2D eigenvalue weighted by molar-refractivity contribution is 7.12. The average Bonchev–Trinajstić information content (AvgIpc) is 3.02. The van der Waals surface area contributed by atoms with Gasteiger partial charge in [0.1, 0.15) is 5.69 Å². The summed E-state index contributed by atoms with van der Waals surface area (Å²) < 4.78 is 0. The van der Waals surface area contributed by atoms with Crippen LogP contribution in [0.2, 0.25) is 0 Å². The summed E-state index contributed by atoms with van der Waals surface area (Å²) >= 11 is 3.02. The molecule has 0 fully saturated rings. The second-order valence-corrected chi connectivity index (χ2v) is 5.94. The molecule has 0 bridgehead atoms. The Kier molecular flexibility index (Phi) is 4.68. The third-order valence-electron chi connectivity index (χ3n) is 2.25. The summed E-state index contributed by atoms with van der Waals surface area (Å²) in [6.07, 6.45) is 0. The van der Waals surface area contributed by atoms with E-state index in [1.54, 1.807) is 16.7 Å². The number of nitrogens with zero attached hydrogens (tertiary/aromatic N) is 1. The van der Waals surface area contributed by atoms with Crippen molar-refractivity contribution < 1.29 is 4.79 Å². The Bertz CT molecular complexity index is 634. The number of aryl methyl sites for hydroxylation is 1. The van der Waals surface area contributed by atoms with E-state index in [0.29, 0.717) is 18.8 Å². The molecule has 4 nitrogen and oxygen atoms in total. The van der Waals surface area contributed by atoms with Gasteiger partial charge in [0.15, 0.2) is 0 Å². The molecule has 3 N–H and O–H groups in total. The number of amides is 1. The van der Waals surface area contributed by atoms with Crippen molar-refractivity contribution >= 4 is 28.6 Å². The summed E-state index contributed by atoms with van der Waals surface area (Å²) in [6, 6.07) is 3.89. The third kappa shape index (κ3) is 3.89. The van der Waals surface area contributed by atoms with Gasteiger partial charge in [-0.1, -0.05) is 11.8 Å². The first-order valence-corrected chi connectivity index (χ1v) is 7.36. The molecule has 2 aromatic heterocycles. The van der Waals surface area contributed by atoms with Crippen molar-refractivity contribution in [1.29, 1.82) is 0 Å². The quantitative estimate of drug-likeness (QED) is 0.847. The van der Waals surface area contributed by atoms with Crippen LogP contribution in [0.5, 0.6) is 0 Å². The summed E-state index contributed by atoms with van der Waals surface area (Å²) in [5.41, 5.74) is 5.79. The van der Waals surface area contributed by atoms with Gasteiger partial charge < -0.3 is 11.1 Å². The fraction of sp³-hybridized carbons (Fsp3) is 0.231. The minimum Gasteiger partial charge on any atom is -0.346 e. The number of carbonyl (C=O) groups is 1. The number of nitrogens with one attached hydrogen (secondary N) is 1. The van der Waals surface area contributed by atoms with Crippen molar-refractivity contribution in [1.82, 2.24) is 10.3 Å². The Labute approximate surface area is 119 Å². The highest BCUT2D eigenvalue weighted by Crippen LogP contribution is 2.15. The molecule has 0 spiro atoms. The van der Waals surface area contributed by atoms with Gasteiger partial charge in [0.2, 0.25) is 0 Å². The van der Waals surface area contributed by atoms with Gasteiger partial charge in [-0.15, -0.1) is 22.7 Å². The van der Waals surface area contributed by atoms with E-state index in [1.165, 1.54) is 11.3 Å². The minimum absolute atomic E-state index is 0.146. The molecule has 0 unspecified atom stereocenters. The first-order valence-electron chi connectivity index (χ1n) is 5.67. The van der Waals surface area contributed by atoms with E-state index < -0.39 is 0 Å². The van der Waals surface area contributed by atoms with Gasteiger partial charge in [-0.2, -0.15) is 0 Å². The van der Waals surface area contributed by atoms with Crippen LogP contribution in [0.3, 0.4) is 0 Å². The fourth-order valence-corrected chi connectivity index (χ4v) is 2.82. The van der Waals surface area contributed by atoms with Gasteiger partial charge in [0, 0.05) is 10.3 Å². The largest absolute Gasteiger partial charge is 0.346 e. The van der Waals surface area contributed by atoms with Crippen molar-refractivity contribution in [3.8, 4) is 11.8 Å². The molecular formula is C13H13N3OS2. The van der Waals surface area contributed by atoms with Crippen LogP contribution in [0.25, 0.3) is 0 Å². The van der Waals surface area contributed by atoms with Gasteiger partial charge in [-0.25, -0.2) is 4.98 Å². The standard InChI is InChI=1S/C13H13N3OS2/c1-9-16-12(8-18-9)13(17)15-7-11-5-4-10(19-11)3-2-6-14/h4-5,8H,6-7,14H2,1H3,(H,15,17). The van der Waals surface area contributed by atoms with Gasteiger partial charge in [-0.05, 0) is 19.1 Å². The normalized spacial score (nSPS) is 9.79. The van der Waals surface area contributed by atoms with Crippen LogP contribution >= 0.6 is 22.7 Å². The van der Waals surface area contributed by atoms with Crippen molar-refractivity contribution in [2.24, 2.45) is 5.73 Å². The number of hydrogen-bond acceptors (Lipinski definition) is 5.